The number of alkyl halides is 3. The van der Waals surface area contributed by atoms with Crippen LogP contribution in [0.25, 0.3) is 0 Å². The van der Waals surface area contributed by atoms with Gasteiger partial charge in [0, 0.05) is 12.6 Å². The molecule has 0 saturated carbocycles. The van der Waals surface area contributed by atoms with E-state index >= 15 is 0 Å². The summed E-state index contributed by atoms with van der Waals surface area (Å²) in [7, 11) is 0. The van der Waals surface area contributed by atoms with Crippen molar-refractivity contribution in [1.29, 1.82) is 0 Å². The van der Waals surface area contributed by atoms with E-state index in [0.717, 1.165) is 32.5 Å². The third kappa shape index (κ3) is 5.37. The normalized spacial score (nSPS) is 20.8. The lowest BCUT2D eigenvalue weighted by Gasteiger charge is -2.31. The zero-order valence-corrected chi connectivity index (χ0v) is 9.11. The van der Waals surface area contributed by atoms with Crippen molar-refractivity contribution in [2.75, 3.05) is 26.2 Å². The van der Waals surface area contributed by atoms with E-state index in [1.54, 1.807) is 0 Å². The van der Waals surface area contributed by atoms with Crippen LogP contribution in [0.5, 0.6) is 0 Å². The first kappa shape index (κ1) is 12.8. The second-order valence-electron chi connectivity index (χ2n) is 4.03. The zero-order chi connectivity index (χ0) is 11.3. The van der Waals surface area contributed by atoms with Gasteiger partial charge in [-0.05, 0) is 32.5 Å². The van der Waals surface area contributed by atoms with E-state index < -0.39 is 12.6 Å². The summed E-state index contributed by atoms with van der Waals surface area (Å²) >= 11 is 0. The number of piperidine rings is 1. The third-order valence-corrected chi connectivity index (χ3v) is 2.88. The van der Waals surface area contributed by atoms with Gasteiger partial charge < -0.3 is 10.2 Å². The molecule has 90 valence electrons. The molecule has 1 rings (SSSR count). The average Bonchev–Trinajstić information content (AvgIpc) is 2.17. The summed E-state index contributed by atoms with van der Waals surface area (Å²) in [5.74, 6) is 0. The van der Waals surface area contributed by atoms with Crippen LogP contribution >= 0.6 is 0 Å². The molecule has 0 amide bonds. The van der Waals surface area contributed by atoms with Crippen molar-refractivity contribution in [2.24, 2.45) is 0 Å². The minimum Gasteiger partial charge on any atom is -0.314 e. The lowest BCUT2D eigenvalue weighted by Crippen LogP contribution is -2.43. The predicted molar refractivity (Wildman–Crippen MR) is 53.8 cm³/mol. The van der Waals surface area contributed by atoms with Crippen molar-refractivity contribution in [3.8, 4) is 0 Å². The predicted octanol–water partition coefficient (Wildman–Crippen LogP) is 2.01. The van der Waals surface area contributed by atoms with Crippen molar-refractivity contribution >= 4 is 0 Å². The van der Waals surface area contributed by atoms with Crippen molar-refractivity contribution in [3.63, 3.8) is 0 Å². The van der Waals surface area contributed by atoms with Crippen LogP contribution in [0.2, 0.25) is 0 Å². The third-order valence-electron chi connectivity index (χ3n) is 2.88. The monoisotopic (exact) mass is 224 g/mol. The molecule has 0 aliphatic carbocycles. The summed E-state index contributed by atoms with van der Waals surface area (Å²) in [5.41, 5.74) is 0. The molecule has 0 bridgehead atoms. The number of halogens is 3. The molecular weight excluding hydrogens is 205 g/mol. The quantitative estimate of drug-likeness (QED) is 0.786. The van der Waals surface area contributed by atoms with Gasteiger partial charge in [-0.2, -0.15) is 13.2 Å². The molecule has 0 aromatic rings. The molecule has 1 saturated heterocycles. The van der Waals surface area contributed by atoms with Gasteiger partial charge in [-0.1, -0.05) is 6.92 Å². The van der Waals surface area contributed by atoms with Gasteiger partial charge in [0.15, 0.2) is 0 Å². The summed E-state index contributed by atoms with van der Waals surface area (Å²) in [4.78, 5) is 2.32. The smallest absolute Gasteiger partial charge is 0.314 e. The number of nitrogens with zero attached hydrogens (tertiary/aromatic N) is 1. The van der Waals surface area contributed by atoms with Gasteiger partial charge >= 0.3 is 6.18 Å². The lowest BCUT2D eigenvalue weighted by atomic mass is 10.1. The van der Waals surface area contributed by atoms with Crippen molar-refractivity contribution < 1.29 is 13.2 Å². The van der Waals surface area contributed by atoms with Crippen LogP contribution in [0.15, 0.2) is 0 Å². The van der Waals surface area contributed by atoms with Crippen LogP contribution in [0.3, 0.4) is 0 Å². The molecule has 0 aromatic carbocycles. The van der Waals surface area contributed by atoms with Crippen LogP contribution in [-0.2, 0) is 0 Å². The SMILES string of the molecule is CCN1CCC(NCCC(F)(F)F)CC1. The van der Waals surface area contributed by atoms with Crippen LogP contribution < -0.4 is 5.32 Å². The van der Waals surface area contributed by atoms with Crippen LogP contribution in [0.1, 0.15) is 26.2 Å². The Morgan fingerprint density at radius 3 is 2.33 bits per heavy atom. The molecule has 1 N–H and O–H groups in total. The highest BCUT2D eigenvalue weighted by molar-refractivity contribution is 4.76. The lowest BCUT2D eigenvalue weighted by molar-refractivity contribution is -0.133. The van der Waals surface area contributed by atoms with Crippen LogP contribution in [-0.4, -0.2) is 43.3 Å². The first-order chi connectivity index (χ1) is 7.01. The van der Waals surface area contributed by atoms with Crippen LogP contribution in [0, 0.1) is 0 Å². The molecule has 1 heterocycles. The first-order valence-electron chi connectivity index (χ1n) is 5.54. The standard InChI is InChI=1S/C10H19F3N2/c1-2-15-7-3-9(4-8-15)14-6-5-10(11,12)13/h9,14H,2-8H2,1H3. The summed E-state index contributed by atoms with van der Waals surface area (Å²) in [5, 5.41) is 2.98. The molecule has 1 aliphatic heterocycles. The summed E-state index contributed by atoms with van der Waals surface area (Å²) in [6.07, 6.45) is -2.82. The van der Waals surface area contributed by atoms with Gasteiger partial charge in [0.1, 0.15) is 0 Å². The van der Waals surface area contributed by atoms with Crippen molar-refractivity contribution in [1.82, 2.24) is 10.2 Å². The Labute approximate surface area is 88.8 Å². The highest BCUT2D eigenvalue weighted by Crippen LogP contribution is 2.18. The maximum atomic E-state index is 11.9. The topological polar surface area (TPSA) is 15.3 Å². The minimum atomic E-state index is -4.03. The molecule has 0 atom stereocenters. The number of nitrogens with one attached hydrogen (secondary N) is 1. The fraction of sp³-hybridized carbons (Fsp3) is 1.00. The fourth-order valence-corrected chi connectivity index (χ4v) is 1.87. The van der Waals surface area contributed by atoms with Gasteiger partial charge in [0.2, 0.25) is 0 Å². The summed E-state index contributed by atoms with van der Waals surface area (Å²) in [6.45, 7) is 5.20. The Morgan fingerprint density at radius 1 is 1.27 bits per heavy atom. The van der Waals surface area contributed by atoms with E-state index in [1.165, 1.54) is 0 Å². The van der Waals surface area contributed by atoms with Gasteiger partial charge in [0.25, 0.3) is 0 Å². The Hall–Kier alpha value is -0.290. The Balaban J connectivity index is 2.09. The molecule has 1 aliphatic rings. The van der Waals surface area contributed by atoms with Gasteiger partial charge in [-0.25, -0.2) is 0 Å². The molecule has 2 nitrogen and oxygen atoms in total. The second-order valence-corrected chi connectivity index (χ2v) is 4.03. The van der Waals surface area contributed by atoms with E-state index in [4.69, 9.17) is 0 Å². The molecule has 0 unspecified atom stereocenters. The molecule has 15 heavy (non-hydrogen) atoms. The zero-order valence-electron chi connectivity index (χ0n) is 9.11. The molecule has 1 fully saturated rings. The van der Waals surface area contributed by atoms with Crippen molar-refractivity contribution in [2.45, 2.75) is 38.4 Å². The van der Waals surface area contributed by atoms with E-state index in [9.17, 15) is 13.2 Å². The summed E-state index contributed by atoms with van der Waals surface area (Å²) < 4.78 is 35.6. The van der Waals surface area contributed by atoms with Crippen molar-refractivity contribution in [3.05, 3.63) is 0 Å². The molecule has 5 heteroatoms. The highest BCUT2D eigenvalue weighted by atomic mass is 19.4. The van der Waals surface area contributed by atoms with Gasteiger partial charge in [0.05, 0.1) is 6.42 Å². The fourth-order valence-electron chi connectivity index (χ4n) is 1.87. The van der Waals surface area contributed by atoms with Gasteiger partial charge in [-0.15, -0.1) is 0 Å². The molecule has 0 aromatic heterocycles. The molecule has 0 radical (unpaired) electrons. The number of rotatable bonds is 4. The van der Waals surface area contributed by atoms with Crippen LogP contribution in [0.4, 0.5) is 13.2 Å². The number of hydrogen-bond acceptors (Lipinski definition) is 2. The molecular formula is C10H19F3N2. The van der Waals surface area contributed by atoms with E-state index in [-0.39, 0.29) is 12.6 Å². The second kappa shape index (κ2) is 5.70. The Kier molecular flexibility index (Phi) is 4.86. The largest absolute Gasteiger partial charge is 0.390 e. The first-order valence-corrected chi connectivity index (χ1v) is 5.54. The highest BCUT2D eigenvalue weighted by Gasteiger charge is 2.27. The maximum absolute atomic E-state index is 11.9. The number of hydrogen-bond donors (Lipinski definition) is 1. The van der Waals surface area contributed by atoms with E-state index in [1.807, 2.05) is 0 Å². The number of likely N-dealkylation sites (tertiary alicyclic amines) is 1. The Morgan fingerprint density at radius 2 is 1.87 bits per heavy atom. The van der Waals surface area contributed by atoms with E-state index in [2.05, 4.69) is 17.1 Å². The van der Waals surface area contributed by atoms with Gasteiger partial charge in [-0.3, -0.25) is 0 Å². The Bertz CT molecular complexity index is 174. The maximum Gasteiger partial charge on any atom is 0.390 e. The molecule has 0 spiro atoms. The summed E-state index contributed by atoms with van der Waals surface area (Å²) in [6, 6.07) is 0.273. The minimum absolute atomic E-state index is 0.0558. The van der Waals surface area contributed by atoms with E-state index in [0.29, 0.717) is 0 Å². The average molecular weight is 224 g/mol.